The van der Waals surface area contributed by atoms with Gasteiger partial charge < -0.3 is 0 Å². The molecule has 1 saturated heterocycles. The SMILES string of the molecule is O=C1NC(=O)N(c2ccc(Br)cc2)C(=O)[C@@H]1C=Nc1ccc(N=Nc2ccccc2)cc1. The van der Waals surface area contributed by atoms with E-state index in [1.165, 1.54) is 6.21 Å². The Morgan fingerprint density at radius 2 is 1.38 bits per heavy atom. The smallest absolute Gasteiger partial charge is 0.276 e. The molecule has 32 heavy (non-hydrogen) atoms. The van der Waals surface area contributed by atoms with Gasteiger partial charge in [0.05, 0.1) is 22.7 Å². The van der Waals surface area contributed by atoms with Crippen LogP contribution in [0.25, 0.3) is 0 Å². The fourth-order valence-corrected chi connectivity index (χ4v) is 3.20. The van der Waals surface area contributed by atoms with Gasteiger partial charge in [-0.05, 0) is 60.7 Å². The Labute approximate surface area is 191 Å². The van der Waals surface area contributed by atoms with Gasteiger partial charge in [0.25, 0.3) is 5.91 Å². The number of anilines is 1. The van der Waals surface area contributed by atoms with E-state index in [2.05, 4.69) is 36.5 Å². The third-order valence-electron chi connectivity index (χ3n) is 4.55. The van der Waals surface area contributed by atoms with Crippen molar-refractivity contribution < 1.29 is 14.4 Å². The molecule has 1 atom stereocenters. The van der Waals surface area contributed by atoms with Crippen LogP contribution in [0.1, 0.15) is 0 Å². The lowest BCUT2D eigenvalue weighted by Crippen LogP contribution is -2.58. The minimum atomic E-state index is -1.23. The number of hydrogen-bond donors (Lipinski definition) is 1. The van der Waals surface area contributed by atoms with Crippen molar-refractivity contribution in [2.75, 3.05) is 4.90 Å². The molecule has 0 bridgehead atoms. The Morgan fingerprint density at radius 3 is 2.03 bits per heavy atom. The highest BCUT2D eigenvalue weighted by Crippen LogP contribution is 2.24. The van der Waals surface area contributed by atoms with Crippen LogP contribution in [0.15, 0.2) is 98.6 Å². The van der Waals surface area contributed by atoms with E-state index in [0.29, 0.717) is 17.1 Å². The molecule has 1 aliphatic rings. The number of aliphatic imine (C=N–C) groups is 1. The number of benzene rings is 3. The number of barbiturate groups is 1. The molecule has 3 aromatic carbocycles. The van der Waals surface area contributed by atoms with Gasteiger partial charge in [-0.2, -0.15) is 10.2 Å². The monoisotopic (exact) mass is 489 g/mol. The van der Waals surface area contributed by atoms with Crippen LogP contribution in [-0.2, 0) is 9.59 Å². The third-order valence-corrected chi connectivity index (χ3v) is 5.08. The Balaban J connectivity index is 1.48. The summed E-state index contributed by atoms with van der Waals surface area (Å²) in [6.45, 7) is 0. The first kappa shape index (κ1) is 21.3. The molecule has 1 heterocycles. The van der Waals surface area contributed by atoms with Crippen LogP contribution >= 0.6 is 15.9 Å². The van der Waals surface area contributed by atoms with Gasteiger partial charge in [0, 0.05) is 10.7 Å². The number of amides is 4. The number of azo groups is 1. The number of carbonyl (C=O) groups excluding carboxylic acids is 3. The molecule has 1 N–H and O–H groups in total. The average molecular weight is 490 g/mol. The van der Waals surface area contributed by atoms with E-state index in [9.17, 15) is 14.4 Å². The van der Waals surface area contributed by atoms with Crippen molar-refractivity contribution in [3.63, 3.8) is 0 Å². The van der Waals surface area contributed by atoms with Gasteiger partial charge in [0.15, 0.2) is 5.92 Å². The van der Waals surface area contributed by atoms with Gasteiger partial charge in [-0.1, -0.05) is 34.1 Å². The Morgan fingerprint density at radius 1 is 0.781 bits per heavy atom. The Bertz CT molecular complexity index is 1210. The quantitative estimate of drug-likeness (QED) is 0.292. The molecule has 4 amide bonds. The molecule has 0 spiro atoms. The summed E-state index contributed by atoms with van der Waals surface area (Å²) in [5, 5.41) is 10.5. The summed E-state index contributed by atoms with van der Waals surface area (Å²) >= 11 is 3.31. The first-order valence-electron chi connectivity index (χ1n) is 9.57. The van der Waals surface area contributed by atoms with Crippen LogP contribution in [0.4, 0.5) is 27.5 Å². The summed E-state index contributed by atoms with van der Waals surface area (Å²) in [7, 11) is 0. The molecular weight excluding hydrogens is 474 g/mol. The summed E-state index contributed by atoms with van der Waals surface area (Å²) < 4.78 is 0.798. The summed E-state index contributed by atoms with van der Waals surface area (Å²) in [6, 6.07) is 22.0. The number of nitrogens with one attached hydrogen (secondary N) is 1. The zero-order chi connectivity index (χ0) is 22.5. The average Bonchev–Trinajstić information content (AvgIpc) is 2.80. The van der Waals surface area contributed by atoms with Crippen molar-refractivity contribution in [1.29, 1.82) is 0 Å². The highest BCUT2D eigenvalue weighted by molar-refractivity contribution is 9.10. The summed E-state index contributed by atoms with van der Waals surface area (Å²) in [5.74, 6) is -2.61. The molecule has 0 aromatic heterocycles. The topological polar surface area (TPSA) is 104 Å². The van der Waals surface area contributed by atoms with Crippen molar-refractivity contribution >= 4 is 62.7 Å². The van der Waals surface area contributed by atoms with Gasteiger partial charge in [-0.25, -0.2) is 9.69 Å². The largest absolute Gasteiger partial charge is 0.335 e. The molecule has 158 valence electrons. The standard InChI is InChI=1S/C23H16BrN5O3/c24-15-6-12-19(13-7-15)29-22(31)20(21(30)26-23(29)32)14-25-16-8-10-18(11-9-16)28-27-17-4-2-1-3-5-17/h1-14,20H,(H,26,30,32)/t20-/m1/s1. The van der Waals surface area contributed by atoms with Crippen molar-refractivity contribution in [2.45, 2.75) is 0 Å². The minimum absolute atomic E-state index is 0.356. The summed E-state index contributed by atoms with van der Waals surface area (Å²) in [5.41, 5.74) is 2.25. The predicted molar refractivity (Wildman–Crippen MR) is 124 cm³/mol. The number of nitrogens with zero attached hydrogens (tertiary/aromatic N) is 4. The fourth-order valence-electron chi connectivity index (χ4n) is 2.93. The van der Waals surface area contributed by atoms with E-state index >= 15 is 0 Å². The second-order valence-corrected chi connectivity index (χ2v) is 7.67. The van der Waals surface area contributed by atoms with Crippen LogP contribution in [0.3, 0.4) is 0 Å². The summed E-state index contributed by atoms with van der Waals surface area (Å²) in [4.78, 5) is 42.5. The first-order valence-corrected chi connectivity index (χ1v) is 10.4. The maximum Gasteiger partial charge on any atom is 0.335 e. The van der Waals surface area contributed by atoms with E-state index < -0.39 is 23.8 Å². The van der Waals surface area contributed by atoms with E-state index in [4.69, 9.17) is 0 Å². The van der Waals surface area contributed by atoms with Crippen LogP contribution in [0.2, 0.25) is 0 Å². The highest BCUT2D eigenvalue weighted by Gasteiger charge is 2.40. The van der Waals surface area contributed by atoms with Crippen LogP contribution in [0, 0.1) is 5.92 Å². The number of carbonyl (C=O) groups is 3. The highest BCUT2D eigenvalue weighted by atomic mass is 79.9. The van der Waals surface area contributed by atoms with Gasteiger partial charge in [0.2, 0.25) is 5.91 Å². The molecule has 0 aliphatic carbocycles. The number of urea groups is 1. The zero-order valence-electron chi connectivity index (χ0n) is 16.6. The van der Waals surface area contributed by atoms with Crippen LogP contribution < -0.4 is 10.2 Å². The normalized spacial score (nSPS) is 16.7. The Hall–Kier alpha value is -3.98. The van der Waals surface area contributed by atoms with E-state index in [1.54, 1.807) is 48.5 Å². The Kier molecular flexibility index (Phi) is 6.27. The molecule has 4 rings (SSSR count). The van der Waals surface area contributed by atoms with Crippen LogP contribution in [0.5, 0.6) is 0 Å². The zero-order valence-corrected chi connectivity index (χ0v) is 18.1. The number of imide groups is 2. The molecule has 1 fully saturated rings. The maximum atomic E-state index is 12.8. The van der Waals surface area contributed by atoms with Crippen LogP contribution in [-0.4, -0.2) is 24.1 Å². The summed E-state index contributed by atoms with van der Waals surface area (Å²) in [6.07, 6.45) is 1.23. The first-order chi connectivity index (χ1) is 15.5. The molecule has 1 aliphatic heterocycles. The lowest BCUT2D eigenvalue weighted by Gasteiger charge is -2.28. The minimum Gasteiger partial charge on any atom is -0.276 e. The van der Waals surface area contributed by atoms with Gasteiger partial charge in [0.1, 0.15) is 0 Å². The van der Waals surface area contributed by atoms with Crippen molar-refractivity contribution in [3.8, 4) is 0 Å². The van der Waals surface area contributed by atoms with Crippen molar-refractivity contribution in [2.24, 2.45) is 21.1 Å². The van der Waals surface area contributed by atoms with E-state index in [0.717, 1.165) is 15.1 Å². The molecule has 0 saturated carbocycles. The molecule has 9 heteroatoms. The number of halogens is 1. The molecule has 0 unspecified atom stereocenters. The van der Waals surface area contributed by atoms with E-state index in [-0.39, 0.29) is 0 Å². The lowest BCUT2D eigenvalue weighted by molar-refractivity contribution is -0.131. The van der Waals surface area contributed by atoms with Gasteiger partial charge in [-0.3, -0.25) is 19.9 Å². The molecule has 3 aromatic rings. The molecule has 0 radical (unpaired) electrons. The van der Waals surface area contributed by atoms with Crippen molar-refractivity contribution in [1.82, 2.24) is 5.32 Å². The van der Waals surface area contributed by atoms with Gasteiger partial charge >= 0.3 is 6.03 Å². The van der Waals surface area contributed by atoms with Crippen molar-refractivity contribution in [3.05, 3.63) is 83.3 Å². The molecular formula is C23H16BrN5O3. The third kappa shape index (κ3) is 4.84. The second-order valence-electron chi connectivity index (χ2n) is 6.75. The maximum absolute atomic E-state index is 12.8. The molecule has 8 nitrogen and oxygen atoms in total. The van der Waals surface area contributed by atoms with Gasteiger partial charge in [-0.15, -0.1) is 0 Å². The number of hydrogen-bond acceptors (Lipinski definition) is 6. The predicted octanol–water partition coefficient (Wildman–Crippen LogP) is 5.47. The second kappa shape index (κ2) is 9.44. The lowest BCUT2D eigenvalue weighted by atomic mass is 10.1. The van der Waals surface area contributed by atoms with E-state index in [1.807, 2.05) is 30.3 Å². The number of rotatable bonds is 5. The fraction of sp³-hybridized carbons (Fsp3) is 0.0435.